The van der Waals surface area contributed by atoms with Crippen molar-refractivity contribution in [2.24, 2.45) is 5.92 Å². The molecule has 0 unspecified atom stereocenters. The van der Waals surface area contributed by atoms with Crippen LogP contribution < -0.4 is 5.32 Å². The highest BCUT2D eigenvalue weighted by atomic mass is 16.5. The number of furan rings is 1. The molecule has 0 spiro atoms. The van der Waals surface area contributed by atoms with Gasteiger partial charge in [-0.2, -0.15) is 0 Å². The van der Waals surface area contributed by atoms with Crippen LogP contribution in [-0.2, 0) is 14.3 Å². The first kappa shape index (κ1) is 19.0. The van der Waals surface area contributed by atoms with Crippen molar-refractivity contribution in [3.63, 3.8) is 0 Å². The van der Waals surface area contributed by atoms with Crippen LogP contribution in [0.25, 0.3) is 0 Å². The van der Waals surface area contributed by atoms with E-state index < -0.39 is 24.0 Å². The van der Waals surface area contributed by atoms with Crippen molar-refractivity contribution < 1.29 is 23.5 Å². The van der Waals surface area contributed by atoms with Gasteiger partial charge >= 0.3 is 5.97 Å². The molecule has 1 N–H and O–H groups in total. The number of carbonyl (C=O) groups is 3. The number of ether oxygens (including phenoxy) is 1. The fourth-order valence-corrected chi connectivity index (χ4v) is 2.79. The maximum Gasteiger partial charge on any atom is 0.329 e. The molecule has 1 saturated heterocycles. The molecule has 1 aliphatic heterocycles. The number of piperidine rings is 1. The molecular weight excluding hydrogens is 324 g/mol. The van der Waals surface area contributed by atoms with Gasteiger partial charge in [-0.1, -0.05) is 13.8 Å². The molecule has 2 heterocycles. The van der Waals surface area contributed by atoms with Crippen LogP contribution >= 0.6 is 0 Å². The summed E-state index contributed by atoms with van der Waals surface area (Å²) in [5.74, 6) is -1.36. The summed E-state index contributed by atoms with van der Waals surface area (Å²) < 4.78 is 10.4. The Balaban J connectivity index is 1.94. The smallest absolute Gasteiger partial charge is 0.329 e. The summed E-state index contributed by atoms with van der Waals surface area (Å²) in [6.45, 7) is 6.56. The lowest BCUT2D eigenvalue weighted by molar-refractivity contribution is -0.161. The number of rotatable bonds is 6. The van der Waals surface area contributed by atoms with E-state index in [9.17, 15) is 14.4 Å². The van der Waals surface area contributed by atoms with E-state index in [0.29, 0.717) is 13.1 Å². The molecule has 0 radical (unpaired) electrons. The predicted molar refractivity (Wildman–Crippen MR) is 90.8 cm³/mol. The number of carbonyl (C=O) groups excluding carboxylic acids is 3. The quantitative estimate of drug-likeness (QED) is 0.793. The monoisotopic (exact) mass is 350 g/mol. The Labute approximate surface area is 147 Å². The highest BCUT2D eigenvalue weighted by Crippen LogP contribution is 2.13. The Kier molecular flexibility index (Phi) is 6.61. The number of likely N-dealkylation sites (tertiary alicyclic amines) is 1. The standard InChI is InChI=1S/C18H26N2O5/c1-12(2)15(19-16(21)14-8-7-11-24-14)18(23)25-13(3)17(22)20-9-5-4-6-10-20/h7-8,11-13,15H,4-6,9-10H2,1-3H3,(H,19,21)/t13-,15-/m0/s1. The average molecular weight is 350 g/mol. The fourth-order valence-electron chi connectivity index (χ4n) is 2.79. The molecule has 138 valence electrons. The summed E-state index contributed by atoms with van der Waals surface area (Å²) in [6.07, 6.45) is 3.58. The lowest BCUT2D eigenvalue weighted by atomic mass is 10.0. The van der Waals surface area contributed by atoms with Gasteiger partial charge in [0, 0.05) is 13.1 Å². The molecule has 7 heteroatoms. The number of nitrogens with zero attached hydrogens (tertiary/aromatic N) is 1. The van der Waals surface area contributed by atoms with Gasteiger partial charge in [0.2, 0.25) is 0 Å². The number of hydrogen-bond acceptors (Lipinski definition) is 5. The van der Waals surface area contributed by atoms with E-state index in [4.69, 9.17) is 9.15 Å². The second kappa shape index (κ2) is 8.69. The van der Waals surface area contributed by atoms with Crippen molar-refractivity contribution in [3.05, 3.63) is 24.2 Å². The molecule has 0 aromatic carbocycles. The summed E-state index contributed by atoms with van der Waals surface area (Å²) in [5.41, 5.74) is 0. The summed E-state index contributed by atoms with van der Waals surface area (Å²) in [6, 6.07) is 2.26. The minimum Gasteiger partial charge on any atom is -0.459 e. The molecule has 0 saturated carbocycles. The average Bonchev–Trinajstić information content (AvgIpc) is 3.13. The molecule has 0 aliphatic carbocycles. The van der Waals surface area contributed by atoms with Gasteiger partial charge in [-0.15, -0.1) is 0 Å². The van der Waals surface area contributed by atoms with Crippen molar-refractivity contribution >= 4 is 17.8 Å². The van der Waals surface area contributed by atoms with E-state index in [1.54, 1.807) is 31.7 Å². The van der Waals surface area contributed by atoms with E-state index in [0.717, 1.165) is 19.3 Å². The van der Waals surface area contributed by atoms with Crippen LogP contribution in [0.4, 0.5) is 0 Å². The van der Waals surface area contributed by atoms with Crippen LogP contribution in [0.5, 0.6) is 0 Å². The summed E-state index contributed by atoms with van der Waals surface area (Å²) in [7, 11) is 0. The van der Waals surface area contributed by atoms with E-state index in [-0.39, 0.29) is 17.6 Å². The van der Waals surface area contributed by atoms with Crippen LogP contribution in [0.15, 0.2) is 22.8 Å². The number of amides is 2. The van der Waals surface area contributed by atoms with Gasteiger partial charge in [0.05, 0.1) is 6.26 Å². The van der Waals surface area contributed by atoms with E-state index in [1.807, 2.05) is 0 Å². The second-order valence-corrected chi connectivity index (χ2v) is 6.64. The molecule has 7 nitrogen and oxygen atoms in total. The topological polar surface area (TPSA) is 88.9 Å². The third-order valence-corrected chi connectivity index (χ3v) is 4.26. The Bertz CT molecular complexity index is 591. The molecule has 2 atom stereocenters. The maximum atomic E-state index is 12.4. The van der Waals surface area contributed by atoms with Crippen LogP contribution in [-0.4, -0.2) is 47.9 Å². The van der Waals surface area contributed by atoms with Gasteiger partial charge in [0.1, 0.15) is 6.04 Å². The summed E-state index contributed by atoms with van der Waals surface area (Å²) in [5, 5.41) is 2.61. The zero-order chi connectivity index (χ0) is 18.4. The van der Waals surface area contributed by atoms with Crippen LogP contribution in [0.3, 0.4) is 0 Å². The first-order valence-corrected chi connectivity index (χ1v) is 8.73. The van der Waals surface area contributed by atoms with Crippen LogP contribution in [0.2, 0.25) is 0 Å². The normalized spacial score (nSPS) is 17.0. The van der Waals surface area contributed by atoms with Gasteiger partial charge in [-0.3, -0.25) is 9.59 Å². The first-order valence-electron chi connectivity index (χ1n) is 8.73. The maximum absolute atomic E-state index is 12.4. The van der Waals surface area contributed by atoms with Crippen LogP contribution in [0, 0.1) is 5.92 Å². The largest absolute Gasteiger partial charge is 0.459 e. The molecule has 25 heavy (non-hydrogen) atoms. The Morgan fingerprint density at radius 2 is 1.84 bits per heavy atom. The zero-order valence-electron chi connectivity index (χ0n) is 15.0. The molecular formula is C18H26N2O5. The van der Waals surface area contributed by atoms with Gasteiger partial charge in [0.25, 0.3) is 11.8 Å². The SMILES string of the molecule is CC(C)[C@H](NC(=O)c1ccco1)C(=O)O[C@@H](C)C(=O)N1CCCCC1. The minimum absolute atomic E-state index is 0.121. The molecule has 0 bridgehead atoms. The first-order chi connectivity index (χ1) is 11.9. The zero-order valence-corrected chi connectivity index (χ0v) is 15.0. The van der Waals surface area contributed by atoms with Gasteiger partial charge in [-0.05, 0) is 44.2 Å². The van der Waals surface area contributed by atoms with Crippen molar-refractivity contribution in [2.75, 3.05) is 13.1 Å². The molecule has 1 aliphatic rings. The third-order valence-electron chi connectivity index (χ3n) is 4.26. The van der Waals surface area contributed by atoms with Crippen molar-refractivity contribution in [1.29, 1.82) is 0 Å². The lowest BCUT2D eigenvalue weighted by Crippen LogP contribution is -2.48. The van der Waals surface area contributed by atoms with Crippen molar-refractivity contribution in [3.8, 4) is 0 Å². The van der Waals surface area contributed by atoms with E-state index in [1.165, 1.54) is 12.3 Å². The van der Waals surface area contributed by atoms with E-state index >= 15 is 0 Å². The number of esters is 1. The highest BCUT2D eigenvalue weighted by Gasteiger charge is 2.31. The molecule has 1 aromatic heterocycles. The van der Waals surface area contributed by atoms with Crippen LogP contribution in [0.1, 0.15) is 50.6 Å². The number of hydrogen-bond donors (Lipinski definition) is 1. The summed E-state index contributed by atoms with van der Waals surface area (Å²) >= 11 is 0. The minimum atomic E-state index is -0.868. The lowest BCUT2D eigenvalue weighted by Gasteiger charge is -2.30. The van der Waals surface area contributed by atoms with Gasteiger partial charge < -0.3 is 19.4 Å². The molecule has 2 amide bonds. The number of nitrogens with one attached hydrogen (secondary N) is 1. The van der Waals surface area contributed by atoms with E-state index in [2.05, 4.69) is 5.32 Å². The predicted octanol–water partition coefficient (Wildman–Crippen LogP) is 1.98. The van der Waals surface area contributed by atoms with Crippen molar-refractivity contribution in [2.45, 2.75) is 52.2 Å². The van der Waals surface area contributed by atoms with Crippen molar-refractivity contribution in [1.82, 2.24) is 10.2 Å². The second-order valence-electron chi connectivity index (χ2n) is 6.64. The Morgan fingerprint density at radius 3 is 2.40 bits per heavy atom. The molecule has 1 aromatic rings. The van der Waals surface area contributed by atoms with Gasteiger partial charge in [-0.25, -0.2) is 4.79 Å². The van der Waals surface area contributed by atoms with Gasteiger partial charge in [0.15, 0.2) is 11.9 Å². The Hall–Kier alpha value is -2.31. The molecule has 2 rings (SSSR count). The Morgan fingerprint density at radius 1 is 1.16 bits per heavy atom. The molecule has 1 fully saturated rings. The summed E-state index contributed by atoms with van der Waals surface area (Å²) in [4.78, 5) is 38.7. The highest BCUT2D eigenvalue weighted by molar-refractivity contribution is 5.95. The third kappa shape index (κ3) is 5.08. The fraction of sp³-hybridized carbons (Fsp3) is 0.611.